The Balaban J connectivity index is 1.32. The number of hydrogen-bond acceptors (Lipinski definition) is 8. The number of nitrogens with one attached hydrogen (secondary N) is 1. The van der Waals surface area contributed by atoms with Crippen molar-refractivity contribution in [3.05, 3.63) is 53.9 Å². The molecule has 0 saturated carbocycles. The number of imidazole rings is 1. The number of aromatic nitrogens is 5. The molecule has 0 radical (unpaired) electrons. The highest BCUT2D eigenvalue weighted by Crippen LogP contribution is 2.31. The highest BCUT2D eigenvalue weighted by molar-refractivity contribution is 5.85. The third kappa shape index (κ3) is 5.46. The van der Waals surface area contributed by atoms with E-state index in [0.29, 0.717) is 39.7 Å². The van der Waals surface area contributed by atoms with Gasteiger partial charge in [0, 0.05) is 50.5 Å². The summed E-state index contributed by atoms with van der Waals surface area (Å²) >= 11 is 0. The number of pyridine rings is 1. The topological polar surface area (TPSA) is 101 Å². The first-order valence-corrected chi connectivity index (χ1v) is 13.3. The molecule has 38 heavy (non-hydrogen) atoms. The van der Waals surface area contributed by atoms with Crippen LogP contribution in [-0.4, -0.2) is 67.0 Å². The van der Waals surface area contributed by atoms with Crippen LogP contribution in [0.4, 0.5) is 21.8 Å². The fraction of sp³-hybridized carbons (Fsp3) is 0.429. The second-order valence-electron chi connectivity index (χ2n) is 10.2. The Morgan fingerprint density at radius 2 is 1.79 bits per heavy atom. The maximum atomic E-state index is 15.0. The van der Waals surface area contributed by atoms with E-state index >= 15 is 4.39 Å². The minimum absolute atomic E-state index is 0.134. The van der Waals surface area contributed by atoms with Crippen molar-refractivity contribution < 1.29 is 4.39 Å². The molecule has 0 unspecified atom stereocenters. The number of nitrogens with zero attached hydrogens (tertiary/aromatic N) is 7. The van der Waals surface area contributed by atoms with Gasteiger partial charge < -0.3 is 20.5 Å². The number of aryl methyl sites for hydroxylation is 1. The Morgan fingerprint density at radius 3 is 2.47 bits per heavy atom. The van der Waals surface area contributed by atoms with Gasteiger partial charge in [0.15, 0.2) is 5.82 Å². The zero-order valence-electron chi connectivity index (χ0n) is 22.6. The number of fused-ring (bicyclic) bond motifs is 1. The van der Waals surface area contributed by atoms with Crippen molar-refractivity contribution >= 4 is 28.5 Å². The molecule has 1 saturated heterocycles. The molecule has 0 aliphatic carbocycles. The minimum atomic E-state index is -0.406. The predicted molar refractivity (Wildman–Crippen MR) is 150 cm³/mol. The molecule has 10 heteroatoms. The van der Waals surface area contributed by atoms with Crippen molar-refractivity contribution in [2.24, 2.45) is 0 Å². The second kappa shape index (κ2) is 11.0. The van der Waals surface area contributed by atoms with Crippen molar-refractivity contribution in [3.63, 3.8) is 0 Å². The Hall–Kier alpha value is -3.63. The van der Waals surface area contributed by atoms with E-state index in [9.17, 15) is 0 Å². The van der Waals surface area contributed by atoms with Gasteiger partial charge in [-0.25, -0.2) is 24.3 Å². The smallest absolute Gasteiger partial charge is 0.229 e. The van der Waals surface area contributed by atoms with Gasteiger partial charge in [0.25, 0.3) is 0 Å². The monoisotopic (exact) mass is 517 g/mol. The van der Waals surface area contributed by atoms with E-state index < -0.39 is 5.82 Å². The van der Waals surface area contributed by atoms with Crippen LogP contribution in [-0.2, 0) is 6.54 Å². The van der Waals surface area contributed by atoms with Gasteiger partial charge in [-0.05, 0) is 57.5 Å². The third-order valence-corrected chi connectivity index (χ3v) is 7.01. The Kier molecular flexibility index (Phi) is 7.53. The number of nitrogens with two attached hydrogens (primary N) is 1. The lowest BCUT2D eigenvalue weighted by atomic mass is 10.1. The zero-order valence-corrected chi connectivity index (χ0v) is 22.6. The van der Waals surface area contributed by atoms with E-state index in [1.807, 2.05) is 43.7 Å². The molecule has 0 bridgehead atoms. The predicted octanol–water partition coefficient (Wildman–Crippen LogP) is 4.77. The van der Waals surface area contributed by atoms with Gasteiger partial charge in [-0.2, -0.15) is 0 Å². The van der Waals surface area contributed by atoms with Crippen molar-refractivity contribution in [2.75, 3.05) is 43.8 Å². The summed E-state index contributed by atoms with van der Waals surface area (Å²) in [7, 11) is 0. The minimum Gasteiger partial charge on any atom is -0.396 e. The maximum Gasteiger partial charge on any atom is 0.229 e. The number of piperazine rings is 1. The summed E-state index contributed by atoms with van der Waals surface area (Å²) in [4.78, 5) is 22.9. The van der Waals surface area contributed by atoms with Crippen LogP contribution in [0.5, 0.6) is 0 Å². The van der Waals surface area contributed by atoms with Gasteiger partial charge in [-0.15, -0.1) is 0 Å². The molecule has 200 valence electrons. The van der Waals surface area contributed by atoms with Crippen LogP contribution in [0.3, 0.4) is 0 Å². The molecular formula is C28H36FN9. The fourth-order valence-electron chi connectivity index (χ4n) is 5.19. The first-order chi connectivity index (χ1) is 18.3. The third-order valence-electron chi connectivity index (χ3n) is 7.01. The van der Waals surface area contributed by atoms with E-state index in [1.54, 1.807) is 0 Å². The summed E-state index contributed by atoms with van der Waals surface area (Å²) in [5, 5.41) is 3.16. The highest BCUT2D eigenvalue weighted by atomic mass is 19.1. The molecule has 5 rings (SSSR count). The maximum absolute atomic E-state index is 15.0. The fourth-order valence-corrected chi connectivity index (χ4v) is 5.19. The summed E-state index contributed by atoms with van der Waals surface area (Å²) in [5.41, 5.74) is 9.84. The molecule has 9 nitrogen and oxygen atoms in total. The molecule has 4 heterocycles. The average Bonchev–Trinajstić information content (AvgIpc) is 3.24. The van der Waals surface area contributed by atoms with Gasteiger partial charge in [0.05, 0.1) is 23.1 Å². The number of rotatable bonds is 8. The molecular weight excluding hydrogens is 481 g/mol. The van der Waals surface area contributed by atoms with Crippen LogP contribution in [0, 0.1) is 12.7 Å². The largest absolute Gasteiger partial charge is 0.396 e. The van der Waals surface area contributed by atoms with Crippen LogP contribution in [0.1, 0.15) is 44.6 Å². The lowest BCUT2D eigenvalue weighted by Crippen LogP contribution is -2.45. The van der Waals surface area contributed by atoms with Gasteiger partial charge in [-0.1, -0.05) is 13.0 Å². The van der Waals surface area contributed by atoms with E-state index in [4.69, 9.17) is 5.73 Å². The van der Waals surface area contributed by atoms with Crippen LogP contribution in [0.15, 0.2) is 36.7 Å². The quantitative estimate of drug-likeness (QED) is 0.345. The number of halogens is 1. The van der Waals surface area contributed by atoms with Crippen LogP contribution in [0.2, 0.25) is 0 Å². The Bertz CT molecular complexity index is 1410. The number of anilines is 3. The molecule has 4 aromatic rings. The summed E-state index contributed by atoms with van der Waals surface area (Å²) in [6.45, 7) is 14.7. The van der Waals surface area contributed by atoms with E-state index in [1.165, 1.54) is 30.8 Å². The Labute approximate surface area is 222 Å². The SMILES string of the molecule is CCCN1CCN(Cc2ccc(Nc3ncc(N)c(-c4cc(F)c5nc(C)n(C(C)C)c5c4)n3)nc2)CC1. The van der Waals surface area contributed by atoms with E-state index in [-0.39, 0.29) is 6.04 Å². The van der Waals surface area contributed by atoms with E-state index in [2.05, 4.69) is 48.0 Å². The van der Waals surface area contributed by atoms with Crippen molar-refractivity contribution in [2.45, 2.75) is 46.7 Å². The van der Waals surface area contributed by atoms with Gasteiger partial charge in [-0.3, -0.25) is 4.90 Å². The average molecular weight is 518 g/mol. The Morgan fingerprint density at radius 1 is 1.03 bits per heavy atom. The molecule has 1 aliphatic rings. The van der Waals surface area contributed by atoms with Crippen molar-refractivity contribution in [3.8, 4) is 11.3 Å². The van der Waals surface area contributed by atoms with Crippen molar-refractivity contribution in [1.29, 1.82) is 0 Å². The second-order valence-corrected chi connectivity index (χ2v) is 10.2. The highest BCUT2D eigenvalue weighted by Gasteiger charge is 2.18. The summed E-state index contributed by atoms with van der Waals surface area (Å²) < 4.78 is 17.0. The van der Waals surface area contributed by atoms with Crippen molar-refractivity contribution in [1.82, 2.24) is 34.3 Å². The van der Waals surface area contributed by atoms with Gasteiger partial charge >= 0.3 is 0 Å². The summed E-state index contributed by atoms with van der Waals surface area (Å²) in [5.74, 6) is 1.33. The van der Waals surface area contributed by atoms with Crippen LogP contribution < -0.4 is 11.1 Å². The standard InChI is InChI=1S/C28H36FN9/c1-5-8-36-9-11-37(12-10-36)17-20-6-7-25(31-15-20)34-28-32-16-23(30)26(35-28)21-13-22(29)27-24(14-21)38(18(2)3)19(4)33-27/h6-7,13-16,18H,5,8-12,17,30H2,1-4H3,(H,31,32,34,35). The van der Waals surface area contributed by atoms with E-state index in [0.717, 1.165) is 38.5 Å². The first kappa shape index (κ1) is 26.0. The molecule has 3 N–H and O–H groups in total. The van der Waals surface area contributed by atoms with Crippen LogP contribution >= 0.6 is 0 Å². The molecule has 0 amide bonds. The molecule has 1 aliphatic heterocycles. The normalized spacial score (nSPS) is 15.0. The molecule has 0 atom stereocenters. The lowest BCUT2D eigenvalue weighted by Gasteiger charge is -2.34. The number of benzene rings is 1. The zero-order chi connectivity index (χ0) is 26.8. The molecule has 1 aromatic carbocycles. The molecule has 3 aromatic heterocycles. The number of nitrogen functional groups attached to an aromatic ring is 1. The summed E-state index contributed by atoms with van der Waals surface area (Å²) in [6.07, 6.45) is 4.62. The summed E-state index contributed by atoms with van der Waals surface area (Å²) in [6, 6.07) is 7.45. The number of hydrogen-bond donors (Lipinski definition) is 2. The van der Waals surface area contributed by atoms with Gasteiger partial charge in [0.1, 0.15) is 17.2 Å². The van der Waals surface area contributed by atoms with Gasteiger partial charge in [0.2, 0.25) is 5.95 Å². The van der Waals surface area contributed by atoms with Crippen LogP contribution in [0.25, 0.3) is 22.3 Å². The lowest BCUT2D eigenvalue weighted by molar-refractivity contribution is 0.127. The molecule has 1 fully saturated rings. The first-order valence-electron chi connectivity index (χ1n) is 13.3. The molecule has 0 spiro atoms.